The molecule has 3 aromatic carbocycles. The number of aromatic nitrogens is 4. The lowest BCUT2D eigenvalue weighted by Crippen LogP contribution is -2.40. The average molecular weight is 903 g/mol. The zero-order valence-corrected chi connectivity index (χ0v) is 36.4. The number of aliphatic hydroxyl groups is 1. The van der Waals surface area contributed by atoms with Gasteiger partial charge in [-0.3, -0.25) is 28.0 Å². The van der Waals surface area contributed by atoms with Gasteiger partial charge in [0.25, 0.3) is 5.56 Å². The smallest absolute Gasteiger partial charge is 0.408 e. The maximum Gasteiger partial charge on any atom is 0.408 e. The van der Waals surface area contributed by atoms with Gasteiger partial charge in [0.1, 0.15) is 53.7 Å². The van der Waals surface area contributed by atoms with Gasteiger partial charge in [-0.1, -0.05) is 54.6 Å². The number of nitrogen functional groups attached to an aromatic ring is 1. The molecule has 3 aliphatic rings. The number of nitrogens with two attached hydrogens (primary N) is 1. The van der Waals surface area contributed by atoms with Crippen molar-refractivity contribution in [3.8, 4) is 11.5 Å². The zero-order valence-electron chi connectivity index (χ0n) is 35.5. The van der Waals surface area contributed by atoms with E-state index in [1.165, 1.54) is 27.6 Å². The number of hydrogen-bond acceptors (Lipinski definition) is 15. The topological polar surface area (TPSA) is 230 Å². The molecule has 2 aromatic heterocycles. The Balaban J connectivity index is 1.15. The van der Waals surface area contributed by atoms with Crippen molar-refractivity contribution in [1.82, 2.24) is 23.8 Å². The Morgan fingerprint density at radius 1 is 0.828 bits per heavy atom. The second-order valence-electron chi connectivity index (χ2n) is 15.6. The van der Waals surface area contributed by atoms with Crippen molar-refractivity contribution in [2.45, 2.75) is 62.2 Å². The molecule has 0 radical (unpaired) electrons. The minimum atomic E-state index is -4.32. The third-order valence-electron chi connectivity index (χ3n) is 11.6. The first-order chi connectivity index (χ1) is 30.9. The van der Waals surface area contributed by atoms with Crippen LogP contribution in [-0.2, 0) is 38.2 Å². The van der Waals surface area contributed by atoms with Crippen molar-refractivity contribution in [3.63, 3.8) is 0 Å². The Hall–Kier alpha value is -5.47. The maximum atomic E-state index is 15.3. The molecule has 0 spiro atoms. The monoisotopic (exact) mass is 902 g/mol. The fourth-order valence-corrected chi connectivity index (χ4v) is 10.1. The first kappa shape index (κ1) is 45.1. The average Bonchev–Trinajstić information content (AvgIpc) is 3.89. The summed E-state index contributed by atoms with van der Waals surface area (Å²) in [4.78, 5) is 44.5. The summed E-state index contributed by atoms with van der Waals surface area (Å²) < 4.78 is 68.7. The maximum absolute atomic E-state index is 15.3. The molecule has 0 saturated carbocycles. The standard InChI is InChI=1S/C44H51N6O13P/c1-28-25-50(43(54)47-41(28)52)40-24-35(63-64(55,48-19-21-58-22-20-48)60-27-36-34(51)23-39(61-36)49-18-17-38(45)46-42(49)53)37(62-40)26-59-44(29-7-5-4-6-8-29,30-9-13-32(56-2)14-10-30)31-11-15-33(57-3)16-12-31/h4-18,25,34-37,39-40,51H,19-24,26-27H2,1-3H3,(H2,45,46,53)(H,47,52,54)/t34-,35-,36+,37+,39+,40+,64?/m0/s1. The molecule has 340 valence electrons. The molecule has 3 saturated heterocycles. The zero-order chi connectivity index (χ0) is 45.0. The minimum Gasteiger partial charge on any atom is -0.497 e. The summed E-state index contributed by atoms with van der Waals surface area (Å²) in [5, 5.41) is 11.1. The summed E-state index contributed by atoms with van der Waals surface area (Å²) in [7, 11) is -1.14. The normalized spacial score (nSPS) is 23.8. The lowest BCUT2D eigenvalue weighted by molar-refractivity contribution is -0.0952. The van der Waals surface area contributed by atoms with Crippen molar-refractivity contribution in [3.05, 3.63) is 151 Å². The van der Waals surface area contributed by atoms with E-state index in [4.69, 9.17) is 43.2 Å². The molecule has 3 aliphatic heterocycles. The van der Waals surface area contributed by atoms with Crippen molar-refractivity contribution < 1.29 is 47.1 Å². The number of H-pyrrole nitrogens is 1. The van der Waals surface area contributed by atoms with Crippen LogP contribution in [0, 0.1) is 6.92 Å². The highest BCUT2D eigenvalue weighted by Gasteiger charge is 2.48. The highest BCUT2D eigenvalue weighted by atomic mass is 31.2. The number of methoxy groups -OCH3 is 2. The molecule has 0 amide bonds. The molecule has 0 aliphatic carbocycles. The Morgan fingerprint density at radius 2 is 1.44 bits per heavy atom. The fraction of sp³-hybridized carbons (Fsp3) is 0.409. The molecule has 20 heteroatoms. The summed E-state index contributed by atoms with van der Waals surface area (Å²) in [6.07, 6.45) is -3.20. The second-order valence-corrected chi connectivity index (χ2v) is 17.6. The first-order valence-electron chi connectivity index (χ1n) is 20.8. The highest BCUT2D eigenvalue weighted by molar-refractivity contribution is 7.51. The van der Waals surface area contributed by atoms with E-state index in [-0.39, 0.29) is 63.7 Å². The molecular weight excluding hydrogens is 851 g/mol. The van der Waals surface area contributed by atoms with Gasteiger partial charge in [0.15, 0.2) is 0 Å². The number of morpholine rings is 1. The molecule has 8 rings (SSSR count). The number of anilines is 1. The summed E-state index contributed by atoms with van der Waals surface area (Å²) >= 11 is 0. The third-order valence-corrected chi connectivity index (χ3v) is 13.7. The number of rotatable bonds is 16. The van der Waals surface area contributed by atoms with Gasteiger partial charge in [-0.05, 0) is 53.9 Å². The molecular formula is C44H51N6O13P. The van der Waals surface area contributed by atoms with Crippen LogP contribution in [0.3, 0.4) is 0 Å². The Kier molecular flexibility index (Phi) is 13.6. The number of nitrogens with zero attached hydrogens (tertiary/aromatic N) is 4. The Labute approximate surface area is 367 Å². The fourth-order valence-electron chi connectivity index (χ4n) is 8.21. The van der Waals surface area contributed by atoms with Crippen LogP contribution in [0.5, 0.6) is 11.5 Å². The van der Waals surface area contributed by atoms with E-state index in [1.807, 2.05) is 78.9 Å². The van der Waals surface area contributed by atoms with E-state index in [2.05, 4.69) is 9.97 Å². The van der Waals surface area contributed by atoms with Crippen LogP contribution >= 0.6 is 7.75 Å². The summed E-state index contributed by atoms with van der Waals surface area (Å²) in [6, 6.07) is 26.1. The van der Waals surface area contributed by atoms with Crippen LogP contribution in [0.4, 0.5) is 5.82 Å². The number of benzene rings is 3. The number of aliphatic hydroxyl groups excluding tert-OH is 1. The van der Waals surface area contributed by atoms with E-state index in [0.29, 0.717) is 11.5 Å². The molecule has 64 heavy (non-hydrogen) atoms. The minimum absolute atomic E-state index is 0.0157. The van der Waals surface area contributed by atoms with Crippen LogP contribution < -0.4 is 32.1 Å². The van der Waals surface area contributed by atoms with Gasteiger partial charge in [0.05, 0.1) is 46.8 Å². The van der Waals surface area contributed by atoms with Gasteiger partial charge in [0, 0.05) is 43.9 Å². The van der Waals surface area contributed by atoms with Crippen molar-refractivity contribution in [1.29, 1.82) is 0 Å². The number of nitrogens with one attached hydrogen (secondary N) is 1. The predicted molar refractivity (Wildman–Crippen MR) is 231 cm³/mol. The number of ether oxygens (including phenoxy) is 6. The van der Waals surface area contributed by atoms with Gasteiger partial charge in [-0.15, -0.1) is 0 Å². The van der Waals surface area contributed by atoms with Gasteiger partial charge >= 0.3 is 19.1 Å². The van der Waals surface area contributed by atoms with Crippen molar-refractivity contribution >= 4 is 13.6 Å². The molecule has 5 aromatic rings. The SMILES string of the molecule is COc1ccc(C(OC[C@H]2O[C@@H](n3cc(C)c(=O)[nH]c3=O)C[C@@H]2OP(=O)(OC[C@H]2O[C@@H](n3ccc(N)nc3=O)C[C@@H]2O)N2CCOCC2)(c2ccccc2)c2ccc(OC)cc2)cc1. The molecule has 3 fully saturated rings. The lowest BCUT2D eigenvalue weighted by Gasteiger charge is -2.38. The Bertz CT molecular complexity index is 2560. The first-order valence-corrected chi connectivity index (χ1v) is 22.3. The van der Waals surface area contributed by atoms with E-state index >= 15 is 4.57 Å². The number of aryl methyl sites for hydroxylation is 1. The van der Waals surface area contributed by atoms with Crippen LogP contribution in [0.15, 0.2) is 112 Å². The van der Waals surface area contributed by atoms with Gasteiger partial charge in [-0.25, -0.2) is 18.8 Å². The second kappa shape index (κ2) is 19.3. The molecule has 4 N–H and O–H groups in total. The van der Waals surface area contributed by atoms with Gasteiger partial charge in [-0.2, -0.15) is 4.98 Å². The third kappa shape index (κ3) is 9.35. The molecule has 0 bridgehead atoms. The largest absolute Gasteiger partial charge is 0.497 e. The van der Waals surface area contributed by atoms with E-state index in [9.17, 15) is 19.5 Å². The van der Waals surface area contributed by atoms with Crippen LogP contribution in [-0.4, -0.2) is 107 Å². The van der Waals surface area contributed by atoms with E-state index in [0.717, 1.165) is 16.7 Å². The van der Waals surface area contributed by atoms with Crippen LogP contribution in [0.2, 0.25) is 0 Å². The summed E-state index contributed by atoms with van der Waals surface area (Å²) in [6.45, 7) is 1.85. The van der Waals surface area contributed by atoms with Crippen LogP contribution in [0.25, 0.3) is 0 Å². The molecule has 5 heterocycles. The molecule has 7 atom stereocenters. The van der Waals surface area contributed by atoms with Crippen molar-refractivity contribution in [2.75, 3.05) is 59.5 Å². The summed E-state index contributed by atoms with van der Waals surface area (Å²) in [5.74, 6) is 1.31. The highest BCUT2D eigenvalue weighted by Crippen LogP contribution is 2.56. The lowest BCUT2D eigenvalue weighted by atomic mass is 9.80. The molecule has 19 nitrogen and oxygen atoms in total. The van der Waals surface area contributed by atoms with Gasteiger partial charge < -0.3 is 39.3 Å². The van der Waals surface area contributed by atoms with E-state index < -0.39 is 67.2 Å². The summed E-state index contributed by atoms with van der Waals surface area (Å²) in [5.41, 5.74) is 5.03. The predicted octanol–water partition coefficient (Wildman–Crippen LogP) is 3.49. The quantitative estimate of drug-likeness (QED) is 0.0951. The van der Waals surface area contributed by atoms with Crippen LogP contribution in [0.1, 0.15) is 47.6 Å². The van der Waals surface area contributed by atoms with Crippen molar-refractivity contribution in [2.24, 2.45) is 0 Å². The van der Waals surface area contributed by atoms with E-state index in [1.54, 1.807) is 25.8 Å². The molecule has 1 unspecified atom stereocenters. The Morgan fingerprint density at radius 3 is 2.06 bits per heavy atom. The number of aromatic amines is 1. The van der Waals surface area contributed by atoms with Gasteiger partial charge in [0.2, 0.25) is 0 Å². The number of hydrogen-bond donors (Lipinski definition) is 3.